The summed E-state index contributed by atoms with van der Waals surface area (Å²) in [5, 5.41) is 10.4. The largest absolute Gasteiger partial charge is 0.549 e. The summed E-state index contributed by atoms with van der Waals surface area (Å²) in [5.74, 6) is -1.40. The lowest BCUT2D eigenvalue weighted by molar-refractivity contribution is -0.301. The number of rotatable bonds is 4. The van der Waals surface area contributed by atoms with Gasteiger partial charge in [-0.2, -0.15) is 0 Å². The molecule has 0 fully saturated rings. The Kier molecular flexibility index (Phi) is 3.66. The molecule has 21 heavy (non-hydrogen) atoms. The number of benzene rings is 2. The van der Waals surface area contributed by atoms with Gasteiger partial charge in [0.15, 0.2) is 0 Å². The first-order valence-electron chi connectivity index (χ1n) is 6.47. The fraction of sp³-hybridized carbons (Fsp3) is 0.125. The first kappa shape index (κ1) is 13.7. The Labute approximate surface area is 126 Å². The van der Waals surface area contributed by atoms with Crippen LogP contribution in [0.2, 0.25) is 0 Å². The van der Waals surface area contributed by atoms with E-state index in [1.54, 1.807) is 11.0 Å². The second-order valence-electron chi connectivity index (χ2n) is 4.63. The van der Waals surface area contributed by atoms with Crippen molar-refractivity contribution in [2.75, 3.05) is 10.7 Å². The number of hydrogen-bond acceptors (Lipinski definition) is 4. The van der Waals surface area contributed by atoms with E-state index < -0.39 is 5.97 Å². The van der Waals surface area contributed by atoms with Crippen LogP contribution in [0.5, 0.6) is 0 Å². The van der Waals surface area contributed by atoms with Crippen LogP contribution < -0.4 is 10.0 Å². The van der Waals surface area contributed by atoms with Crippen molar-refractivity contribution in [3.8, 4) is 0 Å². The van der Waals surface area contributed by atoms with Crippen molar-refractivity contribution in [2.24, 2.45) is 0 Å². The van der Waals surface area contributed by atoms with Gasteiger partial charge in [-0.3, -0.25) is 9.69 Å². The van der Waals surface area contributed by atoms with Crippen molar-refractivity contribution in [1.29, 1.82) is 0 Å². The Hall–Kier alpha value is -2.27. The third kappa shape index (κ3) is 2.52. The van der Waals surface area contributed by atoms with Crippen LogP contribution in [0, 0.1) is 0 Å². The number of hydrogen-bond donors (Lipinski definition) is 0. The van der Waals surface area contributed by atoms with Crippen LogP contribution >= 0.6 is 11.8 Å². The monoisotopic (exact) mass is 298 g/mol. The molecule has 0 aliphatic carbocycles. The molecular weight excluding hydrogens is 286 g/mol. The third-order valence-corrected chi connectivity index (χ3v) is 4.49. The predicted molar refractivity (Wildman–Crippen MR) is 79.9 cm³/mol. The van der Waals surface area contributed by atoms with Crippen LogP contribution in [-0.2, 0) is 4.79 Å². The van der Waals surface area contributed by atoms with Crippen LogP contribution in [-0.4, -0.2) is 17.6 Å². The van der Waals surface area contributed by atoms with Gasteiger partial charge in [-0.25, -0.2) is 0 Å². The lowest BCUT2D eigenvalue weighted by Crippen LogP contribution is -2.29. The standard InChI is InChI=1S/C16H13NO3S/c18-14(19)10-21-16-13-9-5-4-8-12(13)15(20)17(16)11-6-2-1-3-7-11/h1-9,16H,10H2,(H,18,19)/p-1/t16-/m0/s1. The fourth-order valence-corrected chi connectivity index (χ4v) is 3.48. The van der Waals surface area contributed by atoms with E-state index in [1.807, 2.05) is 48.5 Å². The van der Waals surface area contributed by atoms with Gasteiger partial charge in [-0.1, -0.05) is 36.4 Å². The highest BCUT2D eigenvalue weighted by Gasteiger charge is 2.37. The number of amides is 1. The van der Waals surface area contributed by atoms with Gasteiger partial charge in [-0.15, -0.1) is 11.8 Å². The van der Waals surface area contributed by atoms with E-state index in [9.17, 15) is 14.7 Å². The number of carbonyl (C=O) groups is 2. The van der Waals surface area contributed by atoms with E-state index >= 15 is 0 Å². The van der Waals surface area contributed by atoms with Gasteiger partial charge in [0.2, 0.25) is 0 Å². The van der Waals surface area contributed by atoms with E-state index in [0.29, 0.717) is 5.56 Å². The molecule has 2 aromatic carbocycles. The Morgan fingerprint density at radius 1 is 1.10 bits per heavy atom. The zero-order chi connectivity index (χ0) is 14.8. The second kappa shape index (κ2) is 5.61. The highest BCUT2D eigenvalue weighted by Crippen LogP contribution is 2.43. The van der Waals surface area contributed by atoms with Crippen LogP contribution in [0.15, 0.2) is 54.6 Å². The first-order chi connectivity index (χ1) is 10.2. The molecule has 3 rings (SSSR count). The zero-order valence-corrected chi connectivity index (χ0v) is 11.9. The molecule has 1 heterocycles. The number of carbonyl (C=O) groups excluding carboxylic acids is 2. The fourth-order valence-electron chi connectivity index (χ4n) is 2.43. The van der Waals surface area contributed by atoms with E-state index in [-0.39, 0.29) is 17.0 Å². The van der Waals surface area contributed by atoms with Gasteiger partial charge in [0, 0.05) is 17.0 Å². The Balaban J connectivity index is 2.02. The molecule has 1 atom stereocenters. The first-order valence-corrected chi connectivity index (χ1v) is 7.52. The highest BCUT2D eigenvalue weighted by atomic mass is 32.2. The van der Waals surface area contributed by atoms with Gasteiger partial charge in [-0.05, 0) is 23.8 Å². The third-order valence-electron chi connectivity index (χ3n) is 3.30. The highest BCUT2D eigenvalue weighted by molar-refractivity contribution is 8.00. The van der Waals surface area contributed by atoms with Gasteiger partial charge < -0.3 is 9.90 Å². The lowest BCUT2D eigenvalue weighted by Gasteiger charge is -2.25. The minimum Gasteiger partial charge on any atom is -0.549 e. The Morgan fingerprint density at radius 3 is 2.48 bits per heavy atom. The number of nitrogens with zero attached hydrogens (tertiary/aromatic N) is 1. The summed E-state index contributed by atoms with van der Waals surface area (Å²) in [6.45, 7) is 0. The number of anilines is 1. The smallest absolute Gasteiger partial charge is 0.259 e. The molecule has 4 nitrogen and oxygen atoms in total. The molecule has 5 heteroatoms. The molecular formula is C16H12NO3S-. The van der Waals surface area contributed by atoms with Crippen LogP contribution in [0.25, 0.3) is 0 Å². The average molecular weight is 298 g/mol. The minimum absolute atomic E-state index is 0.104. The summed E-state index contributed by atoms with van der Waals surface area (Å²) >= 11 is 1.18. The molecule has 0 spiro atoms. The second-order valence-corrected chi connectivity index (χ2v) is 5.70. The normalized spacial score (nSPS) is 16.9. The van der Waals surface area contributed by atoms with Crippen molar-refractivity contribution in [2.45, 2.75) is 5.37 Å². The summed E-state index contributed by atoms with van der Waals surface area (Å²) in [4.78, 5) is 25.0. The molecule has 0 saturated heterocycles. The molecule has 106 valence electrons. The summed E-state index contributed by atoms with van der Waals surface area (Å²) in [6.07, 6.45) is 0. The zero-order valence-electron chi connectivity index (χ0n) is 11.1. The predicted octanol–water partition coefficient (Wildman–Crippen LogP) is 1.83. The van der Waals surface area contributed by atoms with Crippen LogP contribution in [0.4, 0.5) is 5.69 Å². The molecule has 1 aliphatic rings. The van der Waals surface area contributed by atoms with Gasteiger partial charge in [0.1, 0.15) is 5.37 Å². The van der Waals surface area contributed by atoms with Crippen molar-refractivity contribution in [3.63, 3.8) is 0 Å². The molecule has 1 aliphatic heterocycles. The maximum atomic E-state index is 12.6. The number of thioether (sulfide) groups is 1. The summed E-state index contributed by atoms with van der Waals surface area (Å²) < 4.78 is 0. The van der Waals surface area contributed by atoms with Gasteiger partial charge in [0.05, 0.1) is 5.97 Å². The summed E-state index contributed by atoms with van der Waals surface area (Å²) in [7, 11) is 0. The number of aliphatic carboxylic acids is 1. The molecule has 0 radical (unpaired) electrons. The molecule has 0 saturated carbocycles. The maximum absolute atomic E-state index is 12.6. The number of carboxylic acids is 1. The van der Waals surface area contributed by atoms with E-state index in [2.05, 4.69) is 0 Å². The van der Waals surface area contributed by atoms with Crippen LogP contribution in [0.1, 0.15) is 21.3 Å². The summed E-state index contributed by atoms with van der Waals surface area (Å²) in [5.41, 5.74) is 2.23. The van der Waals surface area contributed by atoms with Crippen molar-refractivity contribution < 1.29 is 14.7 Å². The number of carboxylic acid groups (broad SMARTS) is 1. The topological polar surface area (TPSA) is 60.4 Å². The van der Waals surface area contributed by atoms with E-state index in [1.165, 1.54) is 11.8 Å². The Morgan fingerprint density at radius 2 is 1.76 bits per heavy atom. The van der Waals surface area contributed by atoms with Gasteiger partial charge in [0.25, 0.3) is 5.91 Å². The number of para-hydroxylation sites is 1. The quantitative estimate of drug-likeness (QED) is 0.864. The number of fused-ring (bicyclic) bond motifs is 1. The Bertz CT molecular complexity index is 687. The molecule has 0 aromatic heterocycles. The van der Waals surface area contributed by atoms with Crippen LogP contribution in [0.3, 0.4) is 0 Å². The SMILES string of the molecule is O=C([O-])CS[C@H]1c2ccccc2C(=O)N1c1ccccc1. The summed E-state index contributed by atoms with van der Waals surface area (Å²) in [6, 6.07) is 16.6. The molecule has 0 bridgehead atoms. The van der Waals surface area contributed by atoms with E-state index in [4.69, 9.17) is 0 Å². The molecule has 0 unspecified atom stereocenters. The van der Waals surface area contributed by atoms with Crippen molar-refractivity contribution >= 4 is 29.3 Å². The minimum atomic E-state index is -1.13. The van der Waals surface area contributed by atoms with Crippen molar-refractivity contribution in [1.82, 2.24) is 0 Å². The van der Waals surface area contributed by atoms with Crippen molar-refractivity contribution in [3.05, 3.63) is 65.7 Å². The molecule has 0 N–H and O–H groups in total. The molecule has 1 amide bonds. The van der Waals surface area contributed by atoms with E-state index in [0.717, 1.165) is 11.3 Å². The lowest BCUT2D eigenvalue weighted by atomic mass is 10.1. The maximum Gasteiger partial charge on any atom is 0.259 e. The average Bonchev–Trinajstić information content (AvgIpc) is 2.79. The molecule has 2 aromatic rings. The van der Waals surface area contributed by atoms with Gasteiger partial charge >= 0.3 is 0 Å².